The van der Waals surface area contributed by atoms with Crippen molar-refractivity contribution in [2.45, 2.75) is 0 Å². The van der Waals surface area contributed by atoms with Gasteiger partial charge in [0.1, 0.15) is 45.6 Å². The van der Waals surface area contributed by atoms with Crippen LogP contribution in [0.4, 0.5) is 0 Å². The van der Waals surface area contributed by atoms with E-state index in [0.717, 1.165) is 0 Å². The first-order chi connectivity index (χ1) is 39.0. The third-order valence-corrected chi connectivity index (χ3v) is 11.1. The van der Waals surface area contributed by atoms with Crippen LogP contribution in [0.2, 0.25) is 0 Å². The molecule has 376 valence electrons. The number of nitrogens with zero attached hydrogens (tertiary/aromatic N) is 4. The molecule has 4 aromatic heterocycles. The van der Waals surface area contributed by atoms with Crippen LogP contribution in [-0.2, 0) is 18.9 Å². The largest absolute Gasteiger partial charge is 0.465 e. The van der Waals surface area contributed by atoms with Gasteiger partial charge in [-0.25, -0.2) is 39.1 Å². The van der Waals surface area contributed by atoms with Gasteiger partial charge in [0.25, 0.3) is 0 Å². The van der Waals surface area contributed by atoms with Gasteiger partial charge in [0, 0.05) is 44.5 Å². The molecular formula is C68H36N4O8. The van der Waals surface area contributed by atoms with Crippen molar-refractivity contribution in [1.82, 2.24) is 19.9 Å². The van der Waals surface area contributed by atoms with E-state index in [2.05, 4.69) is 115 Å². The highest BCUT2D eigenvalue weighted by Crippen LogP contribution is 2.16. The standard InChI is InChI=1S/C68H36N4O8/c1-77-65(73)53-37-45-17-25-57-9-5-11-59(69-57)27-19-47-34-49(41-54(39-47)66(74)78-2)21-29-61-13-7-15-63(71-61)31-23-51-36-52(44-56(43-51)68(76)80-4)24-32-64-16-8-14-62(72-64)30-22-50-35-48(40-55(42-50)67(75)79-3)20-28-60-12-6-10-58(70-60)26-18-46(33-45)38-53/h5-16,33-44H,1-4H3. The minimum absolute atomic E-state index is 0.234. The van der Waals surface area contributed by atoms with Crippen LogP contribution < -0.4 is 0 Å². The van der Waals surface area contributed by atoms with Crippen LogP contribution in [0.1, 0.15) is 131 Å². The van der Waals surface area contributed by atoms with E-state index in [1.54, 1.807) is 146 Å². The second kappa shape index (κ2) is 24.9. The second-order valence-electron chi connectivity index (χ2n) is 16.8. The fourth-order valence-corrected chi connectivity index (χ4v) is 7.42. The molecule has 0 atom stereocenters. The Morgan fingerprint density at radius 1 is 0.250 bits per heavy atom. The number of hydrogen-bond acceptors (Lipinski definition) is 12. The smallest absolute Gasteiger partial charge is 0.337 e. The summed E-state index contributed by atoms with van der Waals surface area (Å²) >= 11 is 0. The van der Waals surface area contributed by atoms with Gasteiger partial charge in [0.2, 0.25) is 0 Å². The fraction of sp³-hybridized carbons (Fsp3) is 0.0588. The molecule has 9 rings (SSSR count). The molecule has 1 aliphatic heterocycles. The summed E-state index contributed by atoms with van der Waals surface area (Å²) in [5.74, 6) is 46.7. The van der Waals surface area contributed by atoms with Crippen LogP contribution in [0, 0.1) is 94.7 Å². The summed E-state index contributed by atoms with van der Waals surface area (Å²) in [6.45, 7) is 0. The number of esters is 4. The monoisotopic (exact) mass is 1040 g/mol. The minimum Gasteiger partial charge on any atom is -0.465 e. The third kappa shape index (κ3) is 14.2. The van der Waals surface area contributed by atoms with Gasteiger partial charge in [-0.1, -0.05) is 71.6 Å². The summed E-state index contributed by atoms with van der Waals surface area (Å²) in [6, 6.07) is 40.5. The first kappa shape index (κ1) is 52.7. The van der Waals surface area contributed by atoms with Crippen LogP contribution >= 0.6 is 0 Å². The first-order valence-electron chi connectivity index (χ1n) is 24.0. The number of fused-ring (bicyclic) bond motifs is 16. The Morgan fingerprint density at radius 3 is 0.537 bits per heavy atom. The van der Waals surface area contributed by atoms with Crippen molar-refractivity contribution in [2.75, 3.05) is 28.4 Å². The predicted molar refractivity (Wildman–Crippen MR) is 296 cm³/mol. The molecular weight excluding hydrogens is 1000 g/mol. The zero-order valence-corrected chi connectivity index (χ0v) is 42.9. The Kier molecular flexibility index (Phi) is 16.4. The van der Waals surface area contributed by atoms with Gasteiger partial charge in [-0.3, -0.25) is 0 Å². The second-order valence-corrected chi connectivity index (χ2v) is 16.8. The Bertz CT molecular complexity index is 3670. The van der Waals surface area contributed by atoms with Crippen molar-refractivity contribution in [3.63, 3.8) is 0 Å². The number of aromatic nitrogens is 4. The third-order valence-electron chi connectivity index (χ3n) is 11.1. The summed E-state index contributed by atoms with van der Waals surface area (Å²) in [5, 5.41) is 0. The summed E-state index contributed by atoms with van der Waals surface area (Å²) < 4.78 is 20.1. The fourth-order valence-electron chi connectivity index (χ4n) is 7.42. The van der Waals surface area contributed by atoms with Crippen molar-refractivity contribution in [1.29, 1.82) is 0 Å². The molecule has 1 aliphatic rings. The van der Waals surface area contributed by atoms with Crippen LogP contribution in [-0.4, -0.2) is 72.3 Å². The highest BCUT2D eigenvalue weighted by atomic mass is 16.5. The molecule has 80 heavy (non-hydrogen) atoms. The molecule has 0 aliphatic carbocycles. The molecule has 0 fully saturated rings. The van der Waals surface area contributed by atoms with Gasteiger partial charge in [-0.2, -0.15) is 0 Å². The lowest BCUT2D eigenvalue weighted by Crippen LogP contribution is -2.02. The summed E-state index contributed by atoms with van der Waals surface area (Å²) in [5.41, 5.74) is 7.83. The van der Waals surface area contributed by atoms with Crippen molar-refractivity contribution in [3.05, 3.63) is 258 Å². The number of ether oxygens (including phenoxy) is 4. The molecule has 16 bridgehead atoms. The summed E-state index contributed by atoms with van der Waals surface area (Å²) in [7, 11) is 5.14. The summed E-state index contributed by atoms with van der Waals surface area (Å²) in [4.78, 5) is 69.7. The van der Waals surface area contributed by atoms with Gasteiger partial charge in [0.15, 0.2) is 0 Å². The molecule has 0 amide bonds. The average molecular weight is 1040 g/mol. The lowest BCUT2D eigenvalue weighted by molar-refractivity contribution is 0.0592. The Labute approximate surface area is 461 Å². The van der Waals surface area contributed by atoms with Gasteiger partial charge < -0.3 is 18.9 Å². The molecule has 0 saturated heterocycles. The maximum atomic E-state index is 12.8. The lowest BCUT2D eigenvalue weighted by atomic mass is 10.1. The normalized spacial score (nSPS) is 10.4. The predicted octanol–water partition coefficient (Wildman–Crippen LogP) is 7.92. The van der Waals surface area contributed by atoms with Gasteiger partial charge >= 0.3 is 23.9 Å². The molecule has 0 radical (unpaired) electrons. The number of methoxy groups -OCH3 is 4. The van der Waals surface area contributed by atoms with Crippen LogP contribution in [0.25, 0.3) is 0 Å². The highest BCUT2D eigenvalue weighted by Gasteiger charge is 2.12. The van der Waals surface area contributed by atoms with E-state index in [1.165, 1.54) is 28.4 Å². The Balaban J connectivity index is 1.14. The molecule has 0 unspecified atom stereocenters. The SMILES string of the molecule is COC(=O)c1cc2cc(c1)C#Cc1cccc(n1)C#Cc1cc(cc(C(=O)OC)c1)C#Cc1cccc(n1)C#Cc1cc(cc(C(=O)OC)c1)C#Cc1cccc(n1)C#Cc1cc(cc(C(=O)OC)c1)C#Cc1cccc(n1)C#C2. The molecule has 0 N–H and O–H groups in total. The number of carbonyl (C=O) groups is 4. The number of hydrogen-bond donors (Lipinski definition) is 0. The number of pyridine rings is 4. The Hall–Kier alpha value is -12.2. The maximum Gasteiger partial charge on any atom is 0.337 e. The van der Waals surface area contributed by atoms with E-state index in [0.29, 0.717) is 90.1 Å². The first-order valence-corrected chi connectivity index (χ1v) is 24.0. The van der Waals surface area contributed by atoms with Crippen LogP contribution in [0.15, 0.2) is 146 Å². The van der Waals surface area contributed by atoms with Gasteiger partial charge in [-0.05, 0) is 169 Å². The molecule has 0 saturated carbocycles. The molecule has 12 heteroatoms. The van der Waals surface area contributed by atoms with Gasteiger partial charge in [-0.15, -0.1) is 0 Å². The molecule has 12 nitrogen and oxygen atoms in total. The maximum absolute atomic E-state index is 12.8. The zero-order chi connectivity index (χ0) is 55.8. The number of benzene rings is 4. The molecule has 0 spiro atoms. The van der Waals surface area contributed by atoms with Crippen molar-refractivity contribution >= 4 is 23.9 Å². The average Bonchev–Trinajstić information content (AvgIpc) is 3.50. The zero-order valence-electron chi connectivity index (χ0n) is 42.9. The minimum atomic E-state index is -0.578. The quantitative estimate of drug-likeness (QED) is 0.0955. The van der Waals surface area contributed by atoms with E-state index in [-0.39, 0.29) is 22.3 Å². The van der Waals surface area contributed by atoms with Crippen molar-refractivity contribution in [3.8, 4) is 94.7 Å². The molecule has 8 aromatic rings. The van der Waals surface area contributed by atoms with E-state index >= 15 is 0 Å². The summed E-state index contributed by atoms with van der Waals surface area (Å²) in [6.07, 6.45) is 0. The van der Waals surface area contributed by atoms with Crippen molar-refractivity contribution in [2.24, 2.45) is 0 Å². The topological polar surface area (TPSA) is 157 Å². The lowest BCUT2D eigenvalue weighted by Gasteiger charge is -2.02. The van der Waals surface area contributed by atoms with Crippen molar-refractivity contribution < 1.29 is 38.1 Å². The highest BCUT2D eigenvalue weighted by molar-refractivity contribution is 5.92. The molecule has 5 heterocycles. The van der Waals surface area contributed by atoms with E-state index < -0.39 is 23.9 Å². The Morgan fingerprint density at radius 2 is 0.400 bits per heavy atom. The van der Waals surface area contributed by atoms with E-state index in [4.69, 9.17) is 18.9 Å². The number of rotatable bonds is 4. The van der Waals surface area contributed by atoms with Crippen LogP contribution in [0.3, 0.4) is 0 Å². The number of carbonyl (C=O) groups excluding carboxylic acids is 4. The van der Waals surface area contributed by atoms with E-state index in [9.17, 15) is 19.2 Å². The molecule has 4 aromatic carbocycles. The van der Waals surface area contributed by atoms with Crippen LogP contribution in [0.5, 0.6) is 0 Å². The van der Waals surface area contributed by atoms with Gasteiger partial charge in [0.05, 0.1) is 50.7 Å². The van der Waals surface area contributed by atoms with E-state index in [1.807, 2.05) is 0 Å².